The number of aromatic amines is 1. The molecule has 0 unspecified atom stereocenters. The van der Waals surface area contributed by atoms with E-state index in [1.54, 1.807) is 6.21 Å². The Bertz CT molecular complexity index is 694. The van der Waals surface area contributed by atoms with E-state index in [2.05, 4.69) is 25.7 Å². The fourth-order valence-electron chi connectivity index (χ4n) is 1.68. The molecule has 0 spiro atoms. The first-order chi connectivity index (χ1) is 8.84. The van der Waals surface area contributed by atoms with Crippen molar-refractivity contribution in [1.82, 2.24) is 19.9 Å². The number of rotatable bonds is 3. The molecule has 0 amide bonds. The number of H-pyrrole nitrogens is 1. The van der Waals surface area contributed by atoms with Crippen molar-refractivity contribution >= 4 is 23.1 Å². The van der Waals surface area contributed by atoms with Crippen LogP contribution in [0.4, 0.5) is 5.95 Å². The summed E-state index contributed by atoms with van der Waals surface area (Å²) >= 11 is 0. The van der Waals surface area contributed by atoms with Gasteiger partial charge in [-0.15, -0.1) is 10.2 Å². The van der Waals surface area contributed by atoms with Gasteiger partial charge < -0.3 is 10.8 Å². The van der Waals surface area contributed by atoms with Crippen molar-refractivity contribution in [2.75, 3.05) is 11.3 Å². The first kappa shape index (κ1) is 10.3. The quantitative estimate of drug-likeness (QED) is 0.361. The fraction of sp³-hybridized carbons (Fsp3) is 0. The number of hydrogen-bond donors (Lipinski definition) is 3. The summed E-state index contributed by atoms with van der Waals surface area (Å²) in [7, 11) is 0. The SMILES string of the molecule is Nn1cnnc1NN=Cc1c[nH]c2ccccc12. The minimum atomic E-state index is 0.381. The van der Waals surface area contributed by atoms with Crippen LogP contribution in [0.2, 0.25) is 0 Å². The Labute approximate surface area is 102 Å². The fourth-order valence-corrected chi connectivity index (χ4v) is 1.68. The van der Waals surface area contributed by atoms with Gasteiger partial charge in [0.25, 0.3) is 5.95 Å². The second kappa shape index (κ2) is 4.21. The van der Waals surface area contributed by atoms with Crippen molar-refractivity contribution in [3.63, 3.8) is 0 Å². The first-order valence-electron chi connectivity index (χ1n) is 5.35. The van der Waals surface area contributed by atoms with Crippen LogP contribution >= 0.6 is 0 Å². The van der Waals surface area contributed by atoms with Crippen molar-refractivity contribution < 1.29 is 0 Å². The number of fused-ring (bicyclic) bond motifs is 1. The zero-order valence-electron chi connectivity index (χ0n) is 9.41. The molecular formula is C11H11N7. The van der Waals surface area contributed by atoms with E-state index in [9.17, 15) is 0 Å². The molecule has 0 aliphatic rings. The molecule has 18 heavy (non-hydrogen) atoms. The van der Waals surface area contributed by atoms with E-state index in [0.717, 1.165) is 16.5 Å². The van der Waals surface area contributed by atoms with Crippen LogP contribution in [-0.4, -0.2) is 26.1 Å². The van der Waals surface area contributed by atoms with Gasteiger partial charge in [-0.1, -0.05) is 18.2 Å². The number of nitrogens with zero attached hydrogens (tertiary/aromatic N) is 4. The molecule has 0 fully saturated rings. The normalized spacial score (nSPS) is 11.3. The molecule has 0 aliphatic heterocycles. The van der Waals surface area contributed by atoms with Crippen LogP contribution in [0.15, 0.2) is 41.9 Å². The van der Waals surface area contributed by atoms with Crippen molar-refractivity contribution in [2.24, 2.45) is 5.10 Å². The zero-order chi connectivity index (χ0) is 12.4. The Hall–Kier alpha value is -2.83. The Kier molecular flexibility index (Phi) is 2.41. The van der Waals surface area contributed by atoms with Gasteiger partial charge in [-0.25, -0.2) is 10.1 Å². The van der Waals surface area contributed by atoms with Gasteiger partial charge in [0, 0.05) is 22.7 Å². The van der Waals surface area contributed by atoms with E-state index >= 15 is 0 Å². The number of anilines is 1. The summed E-state index contributed by atoms with van der Waals surface area (Å²) in [6, 6.07) is 8.00. The summed E-state index contributed by atoms with van der Waals surface area (Å²) in [4.78, 5) is 3.17. The third-order valence-electron chi connectivity index (χ3n) is 2.56. The predicted molar refractivity (Wildman–Crippen MR) is 69.7 cm³/mol. The topological polar surface area (TPSA) is 96.9 Å². The minimum Gasteiger partial charge on any atom is -0.361 e. The minimum absolute atomic E-state index is 0.381. The van der Waals surface area contributed by atoms with Gasteiger partial charge in [-0.05, 0) is 6.07 Å². The molecule has 3 aromatic rings. The molecule has 7 heteroatoms. The van der Waals surface area contributed by atoms with Crippen LogP contribution in [0.3, 0.4) is 0 Å². The molecule has 0 saturated carbocycles. The van der Waals surface area contributed by atoms with Gasteiger partial charge in [0.05, 0.1) is 6.21 Å². The molecule has 2 heterocycles. The third-order valence-corrected chi connectivity index (χ3v) is 2.56. The Morgan fingerprint density at radius 2 is 2.28 bits per heavy atom. The van der Waals surface area contributed by atoms with Crippen LogP contribution in [0.5, 0.6) is 0 Å². The van der Waals surface area contributed by atoms with Gasteiger partial charge in [0.1, 0.15) is 6.33 Å². The molecule has 0 bridgehead atoms. The van der Waals surface area contributed by atoms with Crippen molar-refractivity contribution in [1.29, 1.82) is 0 Å². The van der Waals surface area contributed by atoms with E-state index in [1.165, 1.54) is 11.0 Å². The number of nitrogen functional groups attached to an aromatic ring is 1. The van der Waals surface area contributed by atoms with E-state index in [-0.39, 0.29) is 0 Å². The lowest BCUT2D eigenvalue weighted by atomic mass is 10.2. The van der Waals surface area contributed by atoms with Gasteiger partial charge in [-0.3, -0.25) is 0 Å². The van der Waals surface area contributed by atoms with Crippen LogP contribution in [-0.2, 0) is 0 Å². The summed E-state index contributed by atoms with van der Waals surface area (Å²) in [5, 5.41) is 12.6. The number of nitrogens with two attached hydrogens (primary N) is 1. The summed E-state index contributed by atoms with van der Waals surface area (Å²) in [6.07, 6.45) is 4.99. The lowest BCUT2D eigenvalue weighted by Gasteiger charge is -1.96. The summed E-state index contributed by atoms with van der Waals surface area (Å²) < 4.78 is 1.26. The monoisotopic (exact) mass is 241 g/mol. The second-order valence-corrected chi connectivity index (χ2v) is 3.72. The number of aromatic nitrogens is 4. The Morgan fingerprint density at radius 1 is 1.39 bits per heavy atom. The molecular weight excluding hydrogens is 230 g/mol. The molecule has 4 N–H and O–H groups in total. The van der Waals surface area contributed by atoms with Crippen LogP contribution in [0.1, 0.15) is 5.56 Å². The van der Waals surface area contributed by atoms with E-state index < -0.39 is 0 Å². The predicted octanol–water partition coefficient (Wildman–Crippen LogP) is 0.919. The van der Waals surface area contributed by atoms with Gasteiger partial charge >= 0.3 is 0 Å². The summed E-state index contributed by atoms with van der Waals surface area (Å²) in [5.41, 5.74) is 4.77. The van der Waals surface area contributed by atoms with E-state index in [1.807, 2.05) is 30.5 Å². The maximum Gasteiger partial charge on any atom is 0.263 e. The van der Waals surface area contributed by atoms with Crippen LogP contribution in [0, 0.1) is 0 Å². The van der Waals surface area contributed by atoms with Gasteiger partial charge in [0.15, 0.2) is 0 Å². The number of hydrogen-bond acceptors (Lipinski definition) is 5. The molecule has 2 aromatic heterocycles. The Balaban J connectivity index is 1.82. The highest BCUT2D eigenvalue weighted by atomic mass is 15.5. The summed E-state index contributed by atoms with van der Waals surface area (Å²) in [5.74, 6) is 5.92. The molecule has 0 saturated heterocycles. The Morgan fingerprint density at radius 3 is 3.11 bits per heavy atom. The molecule has 0 aliphatic carbocycles. The average Bonchev–Trinajstić information content (AvgIpc) is 2.97. The maximum atomic E-state index is 5.54. The lowest BCUT2D eigenvalue weighted by molar-refractivity contribution is 0.988. The van der Waals surface area contributed by atoms with Crippen molar-refractivity contribution in [3.05, 3.63) is 42.4 Å². The number of hydrazone groups is 1. The van der Waals surface area contributed by atoms with E-state index in [0.29, 0.717) is 5.95 Å². The van der Waals surface area contributed by atoms with Crippen molar-refractivity contribution in [2.45, 2.75) is 0 Å². The standard InChI is InChI=1S/C11H11N7/c12-18-7-15-17-11(18)16-14-6-8-5-13-10-4-2-1-3-9(8)10/h1-7,13H,12H2,(H,16,17). The molecule has 0 atom stereocenters. The molecule has 0 radical (unpaired) electrons. The third kappa shape index (κ3) is 1.77. The molecule has 3 rings (SSSR count). The molecule has 1 aromatic carbocycles. The second-order valence-electron chi connectivity index (χ2n) is 3.72. The highest BCUT2D eigenvalue weighted by Gasteiger charge is 2.00. The smallest absolute Gasteiger partial charge is 0.263 e. The van der Waals surface area contributed by atoms with Gasteiger partial charge in [-0.2, -0.15) is 5.10 Å². The van der Waals surface area contributed by atoms with Crippen LogP contribution in [0.25, 0.3) is 10.9 Å². The maximum absolute atomic E-state index is 5.54. The summed E-state index contributed by atoms with van der Waals surface area (Å²) in [6.45, 7) is 0. The average molecular weight is 241 g/mol. The zero-order valence-corrected chi connectivity index (χ0v) is 9.41. The molecule has 7 nitrogen and oxygen atoms in total. The highest BCUT2D eigenvalue weighted by Crippen LogP contribution is 2.15. The lowest BCUT2D eigenvalue weighted by Crippen LogP contribution is -2.10. The number of nitrogens with one attached hydrogen (secondary N) is 2. The van der Waals surface area contributed by atoms with Crippen molar-refractivity contribution in [3.8, 4) is 0 Å². The van der Waals surface area contributed by atoms with Crippen LogP contribution < -0.4 is 11.3 Å². The number of para-hydroxylation sites is 1. The highest BCUT2D eigenvalue weighted by molar-refractivity contribution is 5.99. The number of benzene rings is 1. The first-order valence-corrected chi connectivity index (χ1v) is 5.35. The molecule has 90 valence electrons. The largest absolute Gasteiger partial charge is 0.361 e. The van der Waals surface area contributed by atoms with E-state index in [4.69, 9.17) is 5.84 Å². The van der Waals surface area contributed by atoms with Gasteiger partial charge in [0.2, 0.25) is 0 Å².